The Morgan fingerprint density at radius 1 is 1.75 bits per heavy atom. The highest BCUT2D eigenvalue weighted by atomic mass is 16.3. The van der Waals surface area contributed by atoms with Crippen molar-refractivity contribution in [3.63, 3.8) is 0 Å². The normalized spacial score (nSPS) is 15.5. The fraction of sp³-hybridized carbons (Fsp3) is 0.333. The zero-order valence-corrected chi connectivity index (χ0v) is 4.83. The molecule has 2 nitrogen and oxygen atoms in total. The summed E-state index contributed by atoms with van der Waals surface area (Å²) < 4.78 is 0. The highest BCUT2D eigenvalue weighted by Crippen LogP contribution is 1.96. The van der Waals surface area contributed by atoms with Gasteiger partial charge in [-0.1, -0.05) is 6.08 Å². The van der Waals surface area contributed by atoms with E-state index in [2.05, 4.69) is 6.58 Å². The summed E-state index contributed by atoms with van der Waals surface area (Å²) in [6.07, 6.45) is 1.78. The SMILES string of the molecule is C=CC(O)/C(O)=C/C. The first-order valence-electron chi connectivity index (χ1n) is 2.38. The minimum absolute atomic E-state index is 0.0556. The molecular weight excluding hydrogens is 104 g/mol. The Hall–Kier alpha value is -0.760. The summed E-state index contributed by atoms with van der Waals surface area (Å²) in [6, 6.07) is 0. The van der Waals surface area contributed by atoms with Crippen LogP contribution in [-0.2, 0) is 0 Å². The Morgan fingerprint density at radius 3 is 2.38 bits per heavy atom. The van der Waals surface area contributed by atoms with Crippen LogP contribution in [0, 0.1) is 0 Å². The lowest BCUT2D eigenvalue weighted by Gasteiger charge is -2.00. The standard InChI is InChI=1S/C6H10O2/c1-3-5(7)6(8)4-2/h3-5,7-8H,1H2,2H3/b6-4-. The molecule has 0 amide bonds. The molecule has 0 aromatic carbocycles. The van der Waals surface area contributed by atoms with Gasteiger partial charge in [-0.05, 0) is 13.0 Å². The molecule has 2 N–H and O–H groups in total. The van der Waals surface area contributed by atoms with Gasteiger partial charge in [-0.3, -0.25) is 0 Å². The lowest BCUT2D eigenvalue weighted by molar-refractivity contribution is 0.193. The smallest absolute Gasteiger partial charge is 0.128 e. The molecule has 0 saturated heterocycles. The first-order chi connectivity index (χ1) is 3.72. The molecule has 0 radical (unpaired) electrons. The van der Waals surface area contributed by atoms with Gasteiger partial charge >= 0.3 is 0 Å². The molecule has 0 aliphatic carbocycles. The maximum absolute atomic E-state index is 8.69. The average Bonchev–Trinajstić information content (AvgIpc) is 1.84. The highest BCUT2D eigenvalue weighted by Gasteiger charge is 1.99. The fourth-order valence-corrected chi connectivity index (χ4v) is 0.292. The molecule has 0 spiro atoms. The molecule has 0 saturated carbocycles. The van der Waals surface area contributed by atoms with Crippen molar-refractivity contribution in [2.75, 3.05) is 0 Å². The lowest BCUT2D eigenvalue weighted by Crippen LogP contribution is -2.04. The molecule has 0 fully saturated rings. The molecule has 1 atom stereocenters. The van der Waals surface area contributed by atoms with E-state index in [1.807, 2.05) is 0 Å². The van der Waals surface area contributed by atoms with E-state index < -0.39 is 6.10 Å². The first-order valence-corrected chi connectivity index (χ1v) is 2.38. The van der Waals surface area contributed by atoms with Crippen molar-refractivity contribution in [1.29, 1.82) is 0 Å². The van der Waals surface area contributed by atoms with Crippen molar-refractivity contribution in [3.05, 3.63) is 24.5 Å². The van der Waals surface area contributed by atoms with Gasteiger partial charge in [-0.15, -0.1) is 6.58 Å². The van der Waals surface area contributed by atoms with Crippen LogP contribution in [0.15, 0.2) is 24.5 Å². The molecule has 0 aliphatic rings. The van der Waals surface area contributed by atoms with Crippen LogP contribution in [0.3, 0.4) is 0 Å². The molecule has 0 aromatic rings. The van der Waals surface area contributed by atoms with Crippen molar-refractivity contribution in [3.8, 4) is 0 Å². The molecule has 46 valence electrons. The zero-order valence-electron chi connectivity index (χ0n) is 4.83. The van der Waals surface area contributed by atoms with E-state index in [0.29, 0.717) is 0 Å². The van der Waals surface area contributed by atoms with Crippen LogP contribution in [0.1, 0.15) is 6.92 Å². The third kappa shape index (κ3) is 1.80. The summed E-state index contributed by atoms with van der Waals surface area (Å²) in [4.78, 5) is 0. The Balaban J connectivity index is 3.81. The molecule has 0 bridgehead atoms. The molecule has 0 rings (SSSR count). The van der Waals surface area contributed by atoms with Gasteiger partial charge in [0.25, 0.3) is 0 Å². The fourth-order valence-electron chi connectivity index (χ4n) is 0.292. The third-order valence-corrected chi connectivity index (χ3v) is 0.822. The number of rotatable bonds is 2. The maximum Gasteiger partial charge on any atom is 0.128 e. The van der Waals surface area contributed by atoms with E-state index in [1.54, 1.807) is 6.92 Å². The summed E-state index contributed by atoms with van der Waals surface area (Å²) in [5.41, 5.74) is 0. The molecule has 0 aromatic heterocycles. The summed E-state index contributed by atoms with van der Waals surface area (Å²) in [5, 5.41) is 17.4. The first kappa shape index (κ1) is 7.24. The number of allylic oxidation sites excluding steroid dienone is 1. The Labute approximate surface area is 48.8 Å². The number of hydrogen-bond acceptors (Lipinski definition) is 2. The molecule has 1 unspecified atom stereocenters. The van der Waals surface area contributed by atoms with Crippen LogP contribution in [0.4, 0.5) is 0 Å². The van der Waals surface area contributed by atoms with Crippen LogP contribution in [-0.4, -0.2) is 16.3 Å². The quantitative estimate of drug-likeness (QED) is 0.415. The van der Waals surface area contributed by atoms with Crippen LogP contribution in [0.5, 0.6) is 0 Å². The molecule has 2 heteroatoms. The average molecular weight is 114 g/mol. The second-order valence-corrected chi connectivity index (χ2v) is 1.39. The molecule has 0 heterocycles. The third-order valence-electron chi connectivity index (χ3n) is 0.822. The van der Waals surface area contributed by atoms with E-state index in [9.17, 15) is 0 Å². The minimum Gasteiger partial charge on any atom is -0.510 e. The Morgan fingerprint density at radius 2 is 2.25 bits per heavy atom. The van der Waals surface area contributed by atoms with Crippen LogP contribution in [0.25, 0.3) is 0 Å². The lowest BCUT2D eigenvalue weighted by atomic mass is 10.3. The second kappa shape index (κ2) is 3.27. The van der Waals surface area contributed by atoms with E-state index >= 15 is 0 Å². The van der Waals surface area contributed by atoms with E-state index in [4.69, 9.17) is 10.2 Å². The van der Waals surface area contributed by atoms with Crippen LogP contribution >= 0.6 is 0 Å². The summed E-state index contributed by atoms with van der Waals surface area (Å²) in [5.74, 6) is -0.0556. The van der Waals surface area contributed by atoms with Gasteiger partial charge in [0.15, 0.2) is 0 Å². The van der Waals surface area contributed by atoms with Crippen LogP contribution in [0.2, 0.25) is 0 Å². The van der Waals surface area contributed by atoms with Gasteiger partial charge in [0.1, 0.15) is 11.9 Å². The molecular formula is C6H10O2. The second-order valence-electron chi connectivity index (χ2n) is 1.39. The predicted octanol–water partition coefficient (Wildman–Crippen LogP) is 0.995. The van der Waals surface area contributed by atoms with Crippen LogP contribution < -0.4 is 0 Å². The number of aliphatic hydroxyl groups excluding tert-OH is 2. The zero-order chi connectivity index (χ0) is 6.57. The summed E-state index contributed by atoms with van der Waals surface area (Å²) in [6.45, 7) is 4.92. The highest BCUT2D eigenvalue weighted by molar-refractivity contribution is 5.03. The topological polar surface area (TPSA) is 40.5 Å². The van der Waals surface area contributed by atoms with Crippen molar-refractivity contribution in [1.82, 2.24) is 0 Å². The van der Waals surface area contributed by atoms with Crippen molar-refractivity contribution in [2.45, 2.75) is 13.0 Å². The monoisotopic (exact) mass is 114 g/mol. The summed E-state index contributed by atoms with van der Waals surface area (Å²) >= 11 is 0. The number of aliphatic hydroxyl groups is 2. The van der Waals surface area contributed by atoms with Gasteiger partial charge in [0.2, 0.25) is 0 Å². The number of hydrogen-bond donors (Lipinski definition) is 2. The Kier molecular flexibility index (Phi) is 2.96. The van der Waals surface area contributed by atoms with Crippen molar-refractivity contribution < 1.29 is 10.2 Å². The largest absolute Gasteiger partial charge is 0.510 e. The van der Waals surface area contributed by atoms with Gasteiger partial charge in [-0.25, -0.2) is 0 Å². The summed E-state index contributed by atoms with van der Waals surface area (Å²) in [7, 11) is 0. The van der Waals surface area contributed by atoms with Crippen molar-refractivity contribution >= 4 is 0 Å². The van der Waals surface area contributed by atoms with Gasteiger partial charge in [0.05, 0.1) is 0 Å². The van der Waals surface area contributed by atoms with E-state index in [-0.39, 0.29) is 5.76 Å². The maximum atomic E-state index is 8.69. The Bertz CT molecular complexity index is 105. The minimum atomic E-state index is -0.903. The van der Waals surface area contributed by atoms with E-state index in [0.717, 1.165) is 0 Å². The van der Waals surface area contributed by atoms with Gasteiger partial charge < -0.3 is 10.2 Å². The van der Waals surface area contributed by atoms with Gasteiger partial charge in [-0.2, -0.15) is 0 Å². The molecule has 8 heavy (non-hydrogen) atoms. The van der Waals surface area contributed by atoms with Gasteiger partial charge in [0, 0.05) is 0 Å². The van der Waals surface area contributed by atoms with Crippen molar-refractivity contribution in [2.24, 2.45) is 0 Å². The molecule has 0 aliphatic heterocycles. The predicted molar refractivity (Wildman–Crippen MR) is 32.6 cm³/mol. The van der Waals surface area contributed by atoms with E-state index in [1.165, 1.54) is 12.2 Å².